The third-order valence-electron chi connectivity index (χ3n) is 3.46. The van der Waals surface area contributed by atoms with Crippen molar-refractivity contribution in [1.29, 1.82) is 0 Å². The Balaban J connectivity index is 2.02. The first-order valence-electron chi connectivity index (χ1n) is 6.57. The van der Waals surface area contributed by atoms with Crippen molar-refractivity contribution in [1.82, 2.24) is 15.2 Å². The van der Waals surface area contributed by atoms with Gasteiger partial charge in [-0.05, 0) is 51.4 Å². The highest BCUT2D eigenvalue weighted by atomic mass is 16.2. The van der Waals surface area contributed by atoms with E-state index < -0.39 is 0 Å². The molecule has 1 aromatic rings. The number of hydrogen-bond donors (Lipinski definition) is 1. The molecule has 1 fully saturated rings. The van der Waals surface area contributed by atoms with Gasteiger partial charge in [0.1, 0.15) is 0 Å². The normalized spacial score (nSPS) is 19.9. The quantitative estimate of drug-likeness (QED) is 0.879. The number of carbonyl (C=O) groups is 1. The molecule has 0 radical (unpaired) electrons. The Hall–Kier alpha value is -1.42. The van der Waals surface area contributed by atoms with Crippen molar-refractivity contribution in [3.8, 4) is 0 Å². The van der Waals surface area contributed by atoms with Crippen LogP contribution < -0.4 is 5.32 Å². The van der Waals surface area contributed by atoms with Gasteiger partial charge in [-0.3, -0.25) is 9.78 Å². The Morgan fingerprint density at radius 1 is 1.56 bits per heavy atom. The number of rotatable bonds is 3. The molecule has 4 heteroatoms. The van der Waals surface area contributed by atoms with Crippen LogP contribution in [0.4, 0.5) is 0 Å². The van der Waals surface area contributed by atoms with Crippen LogP contribution in [0.25, 0.3) is 0 Å². The van der Waals surface area contributed by atoms with E-state index in [0.717, 1.165) is 31.7 Å². The monoisotopic (exact) mass is 247 g/mol. The molecule has 1 unspecified atom stereocenters. The van der Waals surface area contributed by atoms with Gasteiger partial charge in [-0.1, -0.05) is 0 Å². The Kier molecular flexibility index (Phi) is 4.31. The lowest BCUT2D eigenvalue weighted by Gasteiger charge is -2.32. The Morgan fingerprint density at radius 2 is 2.39 bits per heavy atom. The molecular formula is C14H21N3O. The molecule has 98 valence electrons. The number of piperidine rings is 1. The molecule has 0 bridgehead atoms. The molecule has 1 aromatic heterocycles. The minimum Gasteiger partial charge on any atom is -0.338 e. The summed E-state index contributed by atoms with van der Waals surface area (Å²) in [6.07, 6.45) is 3.98. The van der Waals surface area contributed by atoms with E-state index in [1.54, 1.807) is 6.20 Å². The van der Waals surface area contributed by atoms with E-state index in [9.17, 15) is 4.79 Å². The molecule has 1 amide bonds. The number of carbonyl (C=O) groups excluding carboxylic acids is 1. The second-order valence-corrected chi connectivity index (χ2v) is 5.01. The highest BCUT2D eigenvalue weighted by Crippen LogP contribution is 2.17. The van der Waals surface area contributed by atoms with Gasteiger partial charge in [-0.2, -0.15) is 0 Å². The molecule has 1 aliphatic rings. The number of nitrogens with zero attached hydrogens (tertiary/aromatic N) is 2. The van der Waals surface area contributed by atoms with Gasteiger partial charge in [-0.15, -0.1) is 0 Å². The van der Waals surface area contributed by atoms with Crippen molar-refractivity contribution < 1.29 is 4.79 Å². The van der Waals surface area contributed by atoms with Crippen LogP contribution in [0.2, 0.25) is 0 Å². The Labute approximate surface area is 108 Å². The Morgan fingerprint density at radius 3 is 3.06 bits per heavy atom. The van der Waals surface area contributed by atoms with E-state index in [1.807, 2.05) is 31.0 Å². The number of aromatic nitrogens is 1. The molecule has 0 aliphatic carbocycles. The first kappa shape index (κ1) is 13.0. The van der Waals surface area contributed by atoms with E-state index in [4.69, 9.17) is 0 Å². The number of pyridine rings is 1. The minimum atomic E-state index is 0.114. The molecule has 0 spiro atoms. The zero-order chi connectivity index (χ0) is 13.0. The Bertz CT molecular complexity index is 400. The van der Waals surface area contributed by atoms with E-state index >= 15 is 0 Å². The highest BCUT2D eigenvalue weighted by Gasteiger charge is 2.24. The van der Waals surface area contributed by atoms with Gasteiger partial charge in [0.05, 0.1) is 5.56 Å². The second kappa shape index (κ2) is 5.96. The molecule has 18 heavy (non-hydrogen) atoms. The first-order chi connectivity index (χ1) is 8.70. The average molecular weight is 247 g/mol. The fourth-order valence-corrected chi connectivity index (χ4v) is 2.48. The number of nitrogens with one attached hydrogen (secondary N) is 1. The lowest BCUT2D eigenvalue weighted by molar-refractivity contribution is 0.0674. The van der Waals surface area contributed by atoms with Crippen molar-refractivity contribution in [3.05, 3.63) is 29.6 Å². The maximum absolute atomic E-state index is 12.3. The molecule has 2 rings (SSSR count). The molecule has 1 N–H and O–H groups in total. The smallest absolute Gasteiger partial charge is 0.255 e. The molecular weight excluding hydrogens is 226 g/mol. The van der Waals surface area contributed by atoms with Crippen LogP contribution in [0.15, 0.2) is 18.3 Å². The summed E-state index contributed by atoms with van der Waals surface area (Å²) >= 11 is 0. The van der Waals surface area contributed by atoms with Crippen LogP contribution in [0.5, 0.6) is 0 Å². The maximum atomic E-state index is 12.3. The highest BCUT2D eigenvalue weighted by molar-refractivity contribution is 5.94. The predicted molar refractivity (Wildman–Crippen MR) is 71.5 cm³/mol. The van der Waals surface area contributed by atoms with Gasteiger partial charge in [0.2, 0.25) is 0 Å². The number of likely N-dealkylation sites (tertiary alicyclic amines) is 1. The summed E-state index contributed by atoms with van der Waals surface area (Å²) < 4.78 is 0. The fraction of sp³-hybridized carbons (Fsp3) is 0.571. The van der Waals surface area contributed by atoms with Crippen LogP contribution in [-0.4, -0.2) is 42.5 Å². The largest absolute Gasteiger partial charge is 0.338 e. The molecule has 0 saturated carbocycles. The van der Waals surface area contributed by atoms with Crippen molar-refractivity contribution in [3.63, 3.8) is 0 Å². The summed E-state index contributed by atoms with van der Waals surface area (Å²) in [7, 11) is 1.96. The summed E-state index contributed by atoms with van der Waals surface area (Å²) in [5.41, 5.74) is 1.64. The van der Waals surface area contributed by atoms with Crippen molar-refractivity contribution in [2.24, 2.45) is 5.92 Å². The van der Waals surface area contributed by atoms with Crippen LogP contribution in [0, 0.1) is 12.8 Å². The topological polar surface area (TPSA) is 45.2 Å². The zero-order valence-electron chi connectivity index (χ0n) is 11.1. The SMILES string of the molecule is CNCC1CCCN(C(=O)c2ccc(C)nc2)C1. The van der Waals surface area contributed by atoms with E-state index in [2.05, 4.69) is 10.3 Å². The molecule has 2 heterocycles. The van der Waals surface area contributed by atoms with E-state index in [0.29, 0.717) is 11.5 Å². The second-order valence-electron chi connectivity index (χ2n) is 5.01. The van der Waals surface area contributed by atoms with Gasteiger partial charge in [0.25, 0.3) is 5.91 Å². The standard InChI is InChI=1S/C14H21N3O/c1-11-5-6-13(9-16-11)14(18)17-7-3-4-12(10-17)8-15-2/h5-6,9,12,15H,3-4,7-8,10H2,1-2H3. The lowest BCUT2D eigenvalue weighted by Crippen LogP contribution is -2.42. The summed E-state index contributed by atoms with van der Waals surface area (Å²) in [4.78, 5) is 18.5. The summed E-state index contributed by atoms with van der Waals surface area (Å²) in [5, 5.41) is 3.19. The van der Waals surface area contributed by atoms with Crippen LogP contribution >= 0.6 is 0 Å². The fourth-order valence-electron chi connectivity index (χ4n) is 2.48. The lowest BCUT2D eigenvalue weighted by atomic mass is 9.97. The molecule has 1 atom stereocenters. The van der Waals surface area contributed by atoms with Gasteiger partial charge in [0, 0.05) is 25.0 Å². The zero-order valence-corrected chi connectivity index (χ0v) is 11.1. The van der Waals surface area contributed by atoms with Gasteiger partial charge in [-0.25, -0.2) is 0 Å². The third kappa shape index (κ3) is 3.07. The summed E-state index contributed by atoms with van der Waals surface area (Å²) in [5.74, 6) is 0.689. The molecule has 1 aliphatic heterocycles. The summed E-state index contributed by atoms with van der Waals surface area (Å²) in [6, 6.07) is 3.76. The van der Waals surface area contributed by atoms with Crippen LogP contribution in [-0.2, 0) is 0 Å². The number of hydrogen-bond acceptors (Lipinski definition) is 3. The minimum absolute atomic E-state index is 0.114. The molecule has 0 aromatic carbocycles. The van der Waals surface area contributed by atoms with Gasteiger partial charge < -0.3 is 10.2 Å². The van der Waals surface area contributed by atoms with Gasteiger partial charge in [0.15, 0.2) is 0 Å². The molecule has 1 saturated heterocycles. The first-order valence-corrected chi connectivity index (χ1v) is 6.57. The molecule has 4 nitrogen and oxygen atoms in total. The van der Waals surface area contributed by atoms with E-state index in [1.165, 1.54) is 6.42 Å². The van der Waals surface area contributed by atoms with E-state index in [-0.39, 0.29) is 5.91 Å². The third-order valence-corrected chi connectivity index (χ3v) is 3.46. The van der Waals surface area contributed by atoms with Crippen LogP contribution in [0.3, 0.4) is 0 Å². The van der Waals surface area contributed by atoms with Crippen molar-refractivity contribution >= 4 is 5.91 Å². The van der Waals surface area contributed by atoms with Gasteiger partial charge >= 0.3 is 0 Å². The summed E-state index contributed by atoms with van der Waals surface area (Å²) in [6.45, 7) is 4.63. The van der Waals surface area contributed by atoms with Crippen LogP contribution in [0.1, 0.15) is 28.9 Å². The average Bonchev–Trinajstić information content (AvgIpc) is 2.39. The number of aryl methyl sites for hydroxylation is 1. The predicted octanol–water partition coefficient (Wildman–Crippen LogP) is 1.46. The number of amides is 1. The maximum Gasteiger partial charge on any atom is 0.255 e. The van der Waals surface area contributed by atoms with Crippen molar-refractivity contribution in [2.75, 3.05) is 26.7 Å². The van der Waals surface area contributed by atoms with Crippen molar-refractivity contribution in [2.45, 2.75) is 19.8 Å².